The van der Waals surface area contributed by atoms with Crippen molar-refractivity contribution in [1.29, 1.82) is 0 Å². The van der Waals surface area contributed by atoms with Crippen LogP contribution in [0.1, 0.15) is 18.9 Å². The van der Waals surface area contributed by atoms with E-state index in [1.165, 1.54) is 7.11 Å². The van der Waals surface area contributed by atoms with E-state index in [0.29, 0.717) is 5.56 Å². The smallest absolute Gasteiger partial charge is 0.328 e. The molecule has 0 amide bonds. The number of carboxylic acids is 1. The number of esters is 1. The number of carboxylic acid groups (broad SMARTS) is 1. The van der Waals surface area contributed by atoms with Gasteiger partial charge in [0.1, 0.15) is 0 Å². The number of carbonyl (C=O) groups excluding carboxylic acids is 1. The Hall–Kier alpha value is -1.88. The van der Waals surface area contributed by atoms with Crippen LogP contribution in [-0.4, -0.2) is 37.4 Å². The summed E-state index contributed by atoms with van der Waals surface area (Å²) in [6.45, 7) is 1.93. The molecule has 0 aromatic heterocycles. The van der Waals surface area contributed by atoms with Gasteiger partial charge in [0.25, 0.3) is 0 Å². The Morgan fingerprint density at radius 2 is 1.89 bits per heavy atom. The summed E-state index contributed by atoms with van der Waals surface area (Å²) in [6, 6.07) is 8.37. The summed E-state index contributed by atoms with van der Waals surface area (Å²) in [7, 11) is 1.46. The van der Waals surface area contributed by atoms with Crippen LogP contribution in [0.4, 0.5) is 0 Å². The van der Waals surface area contributed by atoms with Gasteiger partial charge < -0.3 is 14.6 Å². The maximum absolute atomic E-state index is 12.2. The van der Waals surface area contributed by atoms with E-state index in [0.717, 1.165) is 0 Å². The van der Waals surface area contributed by atoms with E-state index < -0.39 is 17.4 Å². The summed E-state index contributed by atoms with van der Waals surface area (Å²) in [5.74, 6) is -1.99. The molecule has 0 spiro atoms. The van der Waals surface area contributed by atoms with Gasteiger partial charge in [-0.15, -0.1) is 0 Å². The van der Waals surface area contributed by atoms with Crippen LogP contribution in [0.3, 0.4) is 0 Å². The summed E-state index contributed by atoms with van der Waals surface area (Å²) in [4.78, 5) is 23.8. The molecule has 104 valence electrons. The summed E-state index contributed by atoms with van der Waals surface area (Å²) in [5.41, 5.74) is -1.31. The van der Waals surface area contributed by atoms with E-state index in [1.54, 1.807) is 37.3 Å². The van der Waals surface area contributed by atoms with Crippen molar-refractivity contribution in [1.82, 2.24) is 0 Å². The highest BCUT2D eigenvalue weighted by Gasteiger charge is 2.49. The lowest BCUT2D eigenvalue weighted by Gasteiger charge is -2.27. The van der Waals surface area contributed by atoms with Gasteiger partial charge in [0.2, 0.25) is 0 Å². The first-order valence-corrected chi connectivity index (χ1v) is 6.04. The minimum atomic E-state index is -1.72. The molecule has 1 rings (SSSR count). The van der Waals surface area contributed by atoms with E-state index in [-0.39, 0.29) is 19.6 Å². The Kier molecular flexibility index (Phi) is 5.51. The Bertz CT molecular complexity index is 429. The van der Waals surface area contributed by atoms with Crippen molar-refractivity contribution in [3.8, 4) is 0 Å². The van der Waals surface area contributed by atoms with Gasteiger partial charge in [-0.05, 0) is 12.5 Å². The zero-order chi connectivity index (χ0) is 14.3. The number of rotatable bonds is 7. The second-order valence-corrected chi connectivity index (χ2v) is 4.04. The molecule has 0 bridgehead atoms. The van der Waals surface area contributed by atoms with Gasteiger partial charge in [0.15, 0.2) is 5.41 Å². The van der Waals surface area contributed by atoms with E-state index in [9.17, 15) is 14.7 Å². The van der Waals surface area contributed by atoms with Crippen molar-refractivity contribution in [2.24, 2.45) is 0 Å². The predicted octanol–water partition coefficient (Wildman–Crippen LogP) is 1.61. The molecule has 1 atom stereocenters. The standard InChI is InChI=1S/C14H18O5/c1-3-19-13(17)14(12(15)16,9-10-18-2)11-7-5-4-6-8-11/h4-8H,3,9-10H2,1-2H3,(H,15,16). The molecule has 0 heterocycles. The Labute approximate surface area is 112 Å². The average Bonchev–Trinajstić information content (AvgIpc) is 2.41. The van der Waals surface area contributed by atoms with Gasteiger partial charge in [-0.1, -0.05) is 30.3 Å². The fourth-order valence-electron chi connectivity index (χ4n) is 1.91. The fourth-order valence-corrected chi connectivity index (χ4v) is 1.91. The van der Waals surface area contributed by atoms with Crippen molar-refractivity contribution in [2.75, 3.05) is 20.3 Å². The average molecular weight is 266 g/mol. The topological polar surface area (TPSA) is 72.8 Å². The molecule has 0 aliphatic heterocycles. The number of methoxy groups -OCH3 is 1. The molecule has 0 aliphatic rings. The highest BCUT2D eigenvalue weighted by atomic mass is 16.5. The molecule has 0 aliphatic carbocycles. The minimum Gasteiger partial charge on any atom is -0.480 e. The molecule has 0 fully saturated rings. The summed E-state index contributed by atoms with van der Waals surface area (Å²) in [6.07, 6.45) is 0.0294. The fraction of sp³-hybridized carbons (Fsp3) is 0.429. The third-order valence-corrected chi connectivity index (χ3v) is 2.94. The maximum atomic E-state index is 12.2. The minimum absolute atomic E-state index is 0.0294. The van der Waals surface area contributed by atoms with E-state index >= 15 is 0 Å². The SMILES string of the molecule is CCOC(=O)C(CCOC)(C(=O)O)c1ccccc1. The lowest BCUT2D eigenvalue weighted by Crippen LogP contribution is -2.46. The molecule has 19 heavy (non-hydrogen) atoms. The molecule has 1 aromatic rings. The molecular weight excluding hydrogens is 248 g/mol. The molecule has 1 N–H and O–H groups in total. The van der Waals surface area contributed by atoms with Crippen molar-refractivity contribution in [3.05, 3.63) is 35.9 Å². The Morgan fingerprint density at radius 3 is 2.37 bits per heavy atom. The summed E-state index contributed by atoms with van der Waals surface area (Å²) in [5, 5.41) is 9.54. The van der Waals surface area contributed by atoms with Crippen LogP contribution in [0, 0.1) is 0 Å². The maximum Gasteiger partial charge on any atom is 0.328 e. The number of aliphatic carboxylic acids is 1. The first-order valence-electron chi connectivity index (χ1n) is 6.04. The van der Waals surface area contributed by atoms with Crippen LogP contribution in [0.5, 0.6) is 0 Å². The molecule has 1 aromatic carbocycles. The van der Waals surface area contributed by atoms with Gasteiger partial charge in [-0.2, -0.15) is 0 Å². The molecule has 0 saturated carbocycles. The first-order chi connectivity index (χ1) is 9.09. The van der Waals surface area contributed by atoms with Crippen molar-refractivity contribution in [3.63, 3.8) is 0 Å². The molecule has 5 heteroatoms. The van der Waals surface area contributed by atoms with Crippen LogP contribution in [-0.2, 0) is 24.5 Å². The highest BCUT2D eigenvalue weighted by molar-refractivity contribution is 6.05. The van der Waals surface area contributed by atoms with Gasteiger partial charge in [0.05, 0.1) is 6.61 Å². The van der Waals surface area contributed by atoms with Crippen molar-refractivity contribution in [2.45, 2.75) is 18.8 Å². The zero-order valence-electron chi connectivity index (χ0n) is 11.1. The monoisotopic (exact) mass is 266 g/mol. The van der Waals surface area contributed by atoms with Gasteiger partial charge >= 0.3 is 11.9 Å². The van der Waals surface area contributed by atoms with E-state index in [4.69, 9.17) is 9.47 Å². The molecule has 0 saturated heterocycles. The molecule has 5 nitrogen and oxygen atoms in total. The number of hydrogen-bond acceptors (Lipinski definition) is 4. The van der Waals surface area contributed by atoms with Crippen LogP contribution >= 0.6 is 0 Å². The van der Waals surface area contributed by atoms with Gasteiger partial charge in [-0.25, -0.2) is 0 Å². The second-order valence-electron chi connectivity index (χ2n) is 4.04. The number of ether oxygens (including phenoxy) is 2. The normalized spacial score (nSPS) is 13.6. The van der Waals surface area contributed by atoms with Crippen LogP contribution in [0.25, 0.3) is 0 Å². The number of carbonyl (C=O) groups is 2. The van der Waals surface area contributed by atoms with Crippen LogP contribution < -0.4 is 0 Å². The van der Waals surface area contributed by atoms with Crippen molar-refractivity contribution >= 4 is 11.9 Å². The zero-order valence-corrected chi connectivity index (χ0v) is 11.1. The van der Waals surface area contributed by atoms with Gasteiger partial charge in [0, 0.05) is 20.1 Å². The number of hydrogen-bond donors (Lipinski definition) is 1. The quantitative estimate of drug-likeness (QED) is 0.599. The lowest BCUT2D eigenvalue weighted by molar-refractivity contribution is -0.162. The molecular formula is C14H18O5. The summed E-state index contributed by atoms with van der Waals surface area (Å²) < 4.78 is 9.87. The Balaban J connectivity index is 3.27. The third-order valence-electron chi connectivity index (χ3n) is 2.94. The first kappa shape index (κ1) is 15.2. The van der Waals surface area contributed by atoms with Crippen LogP contribution in [0.15, 0.2) is 30.3 Å². The predicted molar refractivity (Wildman–Crippen MR) is 68.9 cm³/mol. The third kappa shape index (κ3) is 3.12. The van der Waals surface area contributed by atoms with Crippen LogP contribution in [0.2, 0.25) is 0 Å². The largest absolute Gasteiger partial charge is 0.480 e. The molecule has 1 unspecified atom stereocenters. The summed E-state index contributed by atoms with van der Waals surface area (Å²) >= 11 is 0. The second kappa shape index (κ2) is 6.89. The Morgan fingerprint density at radius 1 is 1.26 bits per heavy atom. The lowest BCUT2D eigenvalue weighted by atomic mass is 9.77. The van der Waals surface area contributed by atoms with E-state index in [2.05, 4.69) is 0 Å². The molecule has 0 radical (unpaired) electrons. The van der Waals surface area contributed by atoms with Crippen molar-refractivity contribution < 1.29 is 24.2 Å². The highest BCUT2D eigenvalue weighted by Crippen LogP contribution is 2.30. The van der Waals surface area contributed by atoms with E-state index in [1.807, 2.05) is 0 Å². The van der Waals surface area contributed by atoms with Gasteiger partial charge in [-0.3, -0.25) is 9.59 Å². The number of benzene rings is 1.